The summed E-state index contributed by atoms with van der Waals surface area (Å²) in [5, 5.41) is -0.500. The third-order valence-corrected chi connectivity index (χ3v) is 4.30. The van der Waals surface area contributed by atoms with Gasteiger partial charge in [-0.1, -0.05) is 0 Å². The molecule has 0 radical (unpaired) electrons. The molecule has 0 N–H and O–H groups in total. The van der Waals surface area contributed by atoms with Crippen molar-refractivity contribution in [2.24, 2.45) is 0 Å². The molecule has 6 nitrogen and oxygen atoms in total. The Labute approximate surface area is 135 Å². The van der Waals surface area contributed by atoms with Gasteiger partial charge in [-0.05, 0) is 13.8 Å². The molecule has 1 unspecified atom stereocenters. The van der Waals surface area contributed by atoms with Gasteiger partial charge in [-0.25, -0.2) is 9.97 Å². The Morgan fingerprint density at radius 3 is 2.68 bits per heavy atom. The van der Waals surface area contributed by atoms with Crippen molar-refractivity contribution in [3.8, 4) is 0 Å². The predicted octanol–water partition coefficient (Wildman–Crippen LogP) is 1.13. The number of morpholine rings is 1. The van der Waals surface area contributed by atoms with E-state index < -0.39 is 5.38 Å². The molecule has 2 aliphatic rings. The minimum absolute atomic E-state index is 0.0270. The van der Waals surface area contributed by atoms with Crippen LogP contribution in [-0.2, 0) is 22.5 Å². The average molecular weight is 325 g/mol. The highest BCUT2D eigenvalue weighted by atomic mass is 35.5. The lowest BCUT2D eigenvalue weighted by molar-refractivity contribution is -0.131. The first-order valence-electron chi connectivity index (χ1n) is 7.68. The van der Waals surface area contributed by atoms with Gasteiger partial charge in [0.05, 0.1) is 25.5 Å². The molecule has 120 valence electrons. The van der Waals surface area contributed by atoms with E-state index in [-0.39, 0.29) is 5.91 Å². The first kappa shape index (κ1) is 15.5. The summed E-state index contributed by atoms with van der Waals surface area (Å²) in [4.78, 5) is 25.4. The molecule has 22 heavy (non-hydrogen) atoms. The van der Waals surface area contributed by atoms with Crippen molar-refractivity contribution in [3.05, 3.63) is 17.1 Å². The molecule has 1 aromatic rings. The molecule has 0 aliphatic carbocycles. The number of halogens is 1. The molecule has 3 heterocycles. The average Bonchev–Trinajstić information content (AvgIpc) is 2.53. The van der Waals surface area contributed by atoms with Gasteiger partial charge in [0.15, 0.2) is 0 Å². The van der Waals surface area contributed by atoms with Crippen molar-refractivity contribution in [3.63, 3.8) is 0 Å². The molecule has 1 saturated heterocycles. The lowest BCUT2D eigenvalue weighted by Gasteiger charge is -2.34. The Bertz CT molecular complexity index is 573. The Morgan fingerprint density at radius 1 is 1.27 bits per heavy atom. The molecule has 0 saturated carbocycles. The lowest BCUT2D eigenvalue weighted by Crippen LogP contribution is -2.42. The van der Waals surface area contributed by atoms with Crippen LogP contribution in [0, 0.1) is 6.92 Å². The van der Waals surface area contributed by atoms with Crippen molar-refractivity contribution in [1.82, 2.24) is 14.9 Å². The van der Waals surface area contributed by atoms with Gasteiger partial charge in [0.1, 0.15) is 17.0 Å². The molecule has 0 bridgehead atoms. The molecule has 0 spiro atoms. The van der Waals surface area contributed by atoms with Gasteiger partial charge in [0, 0.05) is 31.6 Å². The Balaban J connectivity index is 1.92. The number of aryl methyl sites for hydroxylation is 1. The molecule has 1 fully saturated rings. The van der Waals surface area contributed by atoms with E-state index in [1.54, 1.807) is 6.92 Å². The van der Waals surface area contributed by atoms with Crippen molar-refractivity contribution >= 4 is 23.3 Å². The van der Waals surface area contributed by atoms with E-state index in [0.717, 1.165) is 42.4 Å². The van der Waals surface area contributed by atoms with Crippen molar-refractivity contribution in [2.75, 3.05) is 37.7 Å². The molecule has 1 aromatic heterocycles. The summed E-state index contributed by atoms with van der Waals surface area (Å²) in [7, 11) is 0. The zero-order valence-corrected chi connectivity index (χ0v) is 13.8. The minimum Gasteiger partial charge on any atom is -0.378 e. The summed E-state index contributed by atoms with van der Waals surface area (Å²) in [6.45, 7) is 7.90. The standard InChI is InChI=1S/C15H21ClN4O2/c1-10(16)15(21)20-4-3-13-12(9-20)14(18-11(2)17-13)19-5-7-22-8-6-19/h10H,3-9H2,1-2H3. The second-order valence-electron chi connectivity index (χ2n) is 5.74. The number of alkyl halides is 1. The number of ether oxygens (including phenoxy) is 1. The number of fused-ring (bicyclic) bond motifs is 1. The molecular weight excluding hydrogens is 304 g/mol. The molecule has 1 amide bonds. The van der Waals surface area contributed by atoms with Gasteiger partial charge in [-0.2, -0.15) is 0 Å². The summed E-state index contributed by atoms with van der Waals surface area (Å²) in [6.07, 6.45) is 0.755. The first-order chi connectivity index (χ1) is 10.6. The molecule has 0 aromatic carbocycles. The van der Waals surface area contributed by atoms with E-state index in [1.807, 2.05) is 11.8 Å². The summed E-state index contributed by atoms with van der Waals surface area (Å²) < 4.78 is 5.42. The molecular formula is C15H21ClN4O2. The minimum atomic E-state index is -0.500. The van der Waals surface area contributed by atoms with Gasteiger partial charge >= 0.3 is 0 Å². The van der Waals surface area contributed by atoms with E-state index in [9.17, 15) is 4.79 Å². The summed E-state index contributed by atoms with van der Waals surface area (Å²) in [5.41, 5.74) is 2.12. The Hall–Kier alpha value is -1.40. The third-order valence-electron chi connectivity index (χ3n) is 4.11. The van der Waals surface area contributed by atoms with Crippen LogP contribution in [0.15, 0.2) is 0 Å². The maximum atomic E-state index is 12.2. The number of amides is 1. The first-order valence-corrected chi connectivity index (χ1v) is 8.12. The second kappa shape index (κ2) is 6.38. The van der Waals surface area contributed by atoms with Crippen LogP contribution in [0.1, 0.15) is 24.0 Å². The van der Waals surface area contributed by atoms with E-state index in [0.29, 0.717) is 26.3 Å². The van der Waals surface area contributed by atoms with E-state index in [4.69, 9.17) is 16.3 Å². The quantitative estimate of drug-likeness (QED) is 0.763. The maximum Gasteiger partial charge on any atom is 0.240 e. The number of carbonyl (C=O) groups excluding carboxylic acids is 1. The van der Waals surface area contributed by atoms with Crippen molar-refractivity contribution in [1.29, 1.82) is 0 Å². The van der Waals surface area contributed by atoms with Crippen LogP contribution in [0.25, 0.3) is 0 Å². The normalized spacial score (nSPS) is 19.8. The fraction of sp³-hybridized carbons (Fsp3) is 0.667. The molecule has 3 rings (SSSR count). The number of rotatable bonds is 2. The van der Waals surface area contributed by atoms with Gasteiger partial charge in [0.2, 0.25) is 5.91 Å². The second-order valence-corrected chi connectivity index (χ2v) is 6.40. The fourth-order valence-corrected chi connectivity index (χ4v) is 3.13. The van der Waals surface area contributed by atoms with Crippen LogP contribution in [0.4, 0.5) is 5.82 Å². The number of hydrogen-bond donors (Lipinski definition) is 0. The van der Waals surface area contributed by atoms with Crippen LogP contribution < -0.4 is 4.90 Å². The zero-order valence-electron chi connectivity index (χ0n) is 13.0. The molecule has 7 heteroatoms. The summed E-state index contributed by atoms with van der Waals surface area (Å²) in [5.74, 6) is 1.71. The van der Waals surface area contributed by atoms with Gasteiger partial charge in [0.25, 0.3) is 0 Å². The topological polar surface area (TPSA) is 58.6 Å². The van der Waals surface area contributed by atoms with E-state index in [2.05, 4.69) is 14.9 Å². The van der Waals surface area contributed by atoms with Crippen molar-refractivity contribution in [2.45, 2.75) is 32.2 Å². The zero-order chi connectivity index (χ0) is 15.7. The Kier molecular flexibility index (Phi) is 4.49. The van der Waals surface area contributed by atoms with Crippen LogP contribution in [-0.4, -0.2) is 59.0 Å². The van der Waals surface area contributed by atoms with E-state index in [1.165, 1.54) is 0 Å². The highest BCUT2D eigenvalue weighted by Crippen LogP contribution is 2.27. The largest absolute Gasteiger partial charge is 0.378 e. The third kappa shape index (κ3) is 3.03. The van der Waals surface area contributed by atoms with Crippen LogP contribution in [0.5, 0.6) is 0 Å². The number of nitrogens with zero attached hydrogens (tertiary/aromatic N) is 4. The van der Waals surface area contributed by atoms with Crippen molar-refractivity contribution < 1.29 is 9.53 Å². The van der Waals surface area contributed by atoms with Gasteiger partial charge in [-0.15, -0.1) is 11.6 Å². The Morgan fingerprint density at radius 2 is 2.00 bits per heavy atom. The van der Waals surface area contributed by atoms with Gasteiger partial charge in [-0.3, -0.25) is 4.79 Å². The van der Waals surface area contributed by atoms with Crippen LogP contribution in [0.3, 0.4) is 0 Å². The predicted molar refractivity (Wildman–Crippen MR) is 84.2 cm³/mol. The highest BCUT2D eigenvalue weighted by molar-refractivity contribution is 6.30. The van der Waals surface area contributed by atoms with Gasteiger partial charge < -0.3 is 14.5 Å². The highest BCUT2D eigenvalue weighted by Gasteiger charge is 2.29. The monoisotopic (exact) mass is 324 g/mol. The van der Waals surface area contributed by atoms with Crippen LogP contribution >= 0.6 is 11.6 Å². The number of anilines is 1. The smallest absolute Gasteiger partial charge is 0.240 e. The number of hydrogen-bond acceptors (Lipinski definition) is 5. The lowest BCUT2D eigenvalue weighted by atomic mass is 10.0. The van der Waals surface area contributed by atoms with E-state index >= 15 is 0 Å². The fourth-order valence-electron chi connectivity index (χ4n) is 2.99. The SMILES string of the molecule is Cc1nc2c(c(N3CCOCC3)n1)CN(C(=O)C(C)Cl)CC2. The van der Waals surface area contributed by atoms with Crippen LogP contribution in [0.2, 0.25) is 0 Å². The maximum absolute atomic E-state index is 12.2. The number of carbonyl (C=O) groups is 1. The molecule has 1 atom stereocenters. The summed E-state index contributed by atoms with van der Waals surface area (Å²) in [6, 6.07) is 0. The molecule has 2 aliphatic heterocycles. The summed E-state index contributed by atoms with van der Waals surface area (Å²) >= 11 is 5.95. The number of aromatic nitrogens is 2.